The third kappa shape index (κ3) is 3.73. The zero-order chi connectivity index (χ0) is 17.1. The van der Waals surface area contributed by atoms with Gasteiger partial charge in [-0.2, -0.15) is 0 Å². The van der Waals surface area contributed by atoms with Gasteiger partial charge < -0.3 is 14.5 Å². The number of carbonyl (C=O) groups is 1. The van der Waals surface area contributed by atoms with E-state index in [9.17, 15) is 9.59 Å². The van der Waals surface area contributed by atoms with Crippen molar-refractivity contribution in [3.63, 3.8) is 0 Å². The van der Waals surface area contributed by atoms with Crippen molar-refractivity contribution in [3.8, 4) is 0 Å². The molecular weight excluding hydrogens is 334 g/mol. The maximum absolute atomic E-state index is 12.1. The molecular formula is C16H20ClN3O4. The molecule has 1 amide bonds. The van der Waals surface area contributed by atoms with E-state index in [-0.39, 0.29) is 6.04 Å². The van der Waals surface area contributed by atoms with Gasteiger partial charge >= 0.3 is 11.8 Å². The molecule has 1 aliphatic heterocycles. The Morgan fingerprint density at radius 2 is 2.33 bits per heavy atom. The zero-order valence-electron chi connectivity index (χ0n) is 13.5. The highest BCUT2D eigenvalue weighted by molar-refractivity contribution is 6.31. The minimum absolute atomic E-state index is 0.00950. The first kappa shape index (κ1) is 16.9. The molecule has 1 saturated heterocycles. The molecule has 1 N–H and O–H groups in total. The Hall–Kier alpha value is -1.99. The first-order valence-electron chi connectivity index (χ1n) is 8.01. The van der Waals surface area contributed by atoms with Crippen LogP contribution in [0.5, 0.6) is 0 Å². The number of likely N-dealkylation sites (tertiary alicyclic amines) is 1. The second-order valence-corrected chi connectivity index (χ2v) is 6.27. The number of piperidine rings is 1. The number of nitrogens with zero attached hydrogens (tertiary/aromatic N) is 2. The van der Waals surface area contributed by atoms with Gasteiger partial charge in [0.2, 0.25) is 0 Å². The van der Waals surface area contributed by atoms with Crippen LogP contribution in [0.2, 0.25) is 5.02 Å². The summed E-state index contributed by atoms with van der Waals surface area (Å²) < 4.78 is 11.7. The van der Waals surface area contributed by atoms with Gasteiger partial charge in [-0.25, -0.2) is 9.59 Å². The molecule has 0 spiro atoms. The minimum Gasteiger partial charge on any atom is -0.450 e. The molecule has 24 heavy (non-hydrogen) atoms. The first-order chi connectivity index (χ1) is 11.6. The molecule has 1 atom stereocenters. The maximum atomic E-state index is 12.1. The molecule has 1 aliphatic rings. The smallest absolute Gasteiger partial charge is 0.421 e. The predicted molar refractivity (Wildman–Crippen MR) is 90.2 cm³/mol. The molecule has 1 aromatic heterocycles. The highest BCUT2D eigenvalue weighted by Gasteiger charge is 2.23. The van der Waals surface area contributed by atoms with E-state index >= 15 is 0 Å². The van der Waals surface area contributed by atoms with Crippen LogP contribution in [0.1, 0.15) is 19.8 Å². The number of nitrogens with one attached hydrogen (secondary N) is 1. The normalized spacial score (nSPS) is 18.7. The van der Waals surface area contributed by atoms with Gasteiger partial charge in [0, 0.05) is 17.6 Å². The molecule has 0 bridgehead atoms. The van der Waals surface area contributed by atoms with Crippen molar-refractivity contribution in [1.29, 1.82) is 0 Å². The average molecular weight is 354 g/mol. The van der Waals surface area contributed by atoms with Crippen molar-refractivity contribution in [2.45, 2.75) is 32.5 Å². The molecule has 2 heterocycles. The highest BCUT2D eigenvalue weighted by Crippen LogP contribution is 2.19. The SMILES string of the molecule is CCOC(=O)N[C@@H]1CCCN(Cn2c(=O)oc3ccc(Cl)cc32)C1. The summed E-state index contributed by atoms with van der Waals surface area (Å²) in [6, 6.07) is 5.11. The topological polar surface area (TPSA) is 76.7 Å². The van der Waals surface area contributed by atoms with Gasteiger partial charge in [0.15, 0.2) is 5.58 Å². The number of benzene rings is 1. The van der Waals surface area contributed by atoms with Crippen LogP contribution in [0.25, 0.3) is 11.1 Å². The van der Waals surface area contributed by atoms with Gasteiger partial charge in [-0.05, 0) is 44.5 Å². The van der Waals surface area contributed by atoms with Crippen LogP contribution >= 0.6 is 11.6 Å². The molecule has 2 aromatic rings. The monoisotopic (exact) mass is 353 g/mol. The average Bonchev–Trinajstić information content (AvgIpc) is 2.84. The molecule has 0 aliphatic carbocycles. The Morgan fingerprint density at radius 3 is 3.12 bits per heavy atom. The van der Waals surface area contributed by atoms with E-state index in [1.165, 1.54) is 0 Å². The lowest BCUT2D eigenvalue weighted by atomic mass is 10.1. The number of hydrogen-bond donors (Lipinski definition) is 1. The summed E-state index contributed by atoms with van der Waals surface area (Å²) in [5.41, 5.74) is 1.19. The Bertz CT molecular complexity index is 785. The minimum atomic E-state index is -0.409. The van der Waals surface area contributed by atoms with Crippen molar-refractivity contribution in [2.75, 3.05) is 19.7 Å². The van der Waals surface area contributed by atoms with Crippen LogP contribution in [0.15, 0.2) is 27.4 Å². The van der Waals surface area contributed by atoms with Gasteiger partial charge in [0.1, 0.15) is 0 Å². The summed E-state index contributed by atoms with van der Waals surface area (Å²) in [5.74, 6) is -0.409. The van der Waals surface area contributed by atoms with E-state index in [1.54, 1.807) is 29.7 Å². The fourth-order valence-electron chi connectivity index (χ4n) is 3.01. The number of halogens is 1. The van der Waals surface area contributed by atoms with E-state index in [2.05, 4.69) is 10.2 Å². The maximum Gasteiger partial charge on any atom is 0.421 e. The number of alkyl carbamates (subject to hydrolysis) is 1. The lowest BCUT2D eigenvalue weighted by molar-refractivity contribution is 0.123. The van der Waals surface area contributed by atoms with E-state index in [0.717, 1.165) is 19.4 Å². The lowest BCUT2D eigenvalue weighted by Crippen LogP contribution is -2.48. The van der Waals surface area contributed by atoms with Crippen LogP contribution in [0.3, 0.4) is 0 Å². The van der Waals surface area contributed by atoms with Crippen molar-refractivity contribution >= 4 is 28.8 Å². The fraction of sp³-hybridized carbons (Fsp3) is 0.500. The number of carbonyl (C=O) groups excluding carboxylic acids is 1. The van der Waals surface area contributed by atoms with E-state index in [4.69, 9.17) is 20.8 Å². The Kier molecular flexibility index (Phi) is 5.11. The third-order valence-electron chi connectivity index (χ3n) is 4.07. The molecule has 1 fully saturated rings. The second kappa shape index (κ2) is 7.27. The van der Waals surface area contributed by atoms with Crippen molar-refractivity contribution in [3.05, 3.63) is 33.8 Å². The summed E-state index contributed by atoms with van der Waals surface area (Å²) in [6.45, 7) is 4.01. The quantitative estimate of drug-likeness (QED) is 0.913. The molecule has 1 aromatic carbocycles. The van der Waals surface area contributed by atoms with Gasteiger partial charge in [-0.3, -0.25) is 9.47 Å². The van der Waals surface area contributed by atoms with Gasteiger partial charge in [0.05, 0.1) is 18.8 Å². The summed E-state index contributed by atoms with van der Waals surface area (Å²) in [6.07, 6.45) is 1.42. The van der Waals surface area contributed by atoms with Crippen LogP contribution in [-0.4, -0.2) is 41.3 Å². The number of hydrogen-bond acceptors (Lipinski definition) is 5. The fourth-order valence-corrected chi connectivity index (χ4v) is 3.18. The molecule has 0 unspecified atom stereocenters. The number of amides is 1. The van der Waals surface area contributed by atoms with Crippen LogP contribution in [0.4, 0.5) is 4.79 Å². The molecule has 3 rings (SSSR count). The van der Waals surface area contributed by atoms with E-state index in [0.29, 0.717) is 35.9 Å². The van der Waals surface area contributed by atoms with Crippen molar-refractivity contribution in [2.24, 2.45) is 0 Å². The van der Waals surface area contributed by atoms with Gasteiger partial charge in [-0.1, -0.05) is 11.6 Å². The Balaban J connectivity index is 1.72. The van der Waals surface area contributed by atoms with Crippen LogP contribution in [-0.2, 0) is 11.4 Å². The van der Waals surface area contributed by atoms with Crippen molar-refractivity contribution in [1.82, 2.24) is 14.8 Å². The molecule has 0 radical (unpaired) electrons. The zero-order valence-corrected chi connectivity index (χ0v) is 14.2. The lowest BCUT2D eigenvalue weighted by Gasteiger charge is -2.32. The number of fused-ring (bicyclic) bond motifs is 1. The second-order valence-electron chi connectivity index (χ2n) is 5.83. The number of oxazole rings is 1. The number of ether oxygens (including phenoxy) is 1. The molecule has 0 saturated carbocycles. The van der Waals surface area contributed by atoms with Gasteiger partial charge in [-0.15, -0.1) is 0 Å². The summed E-state index contributed by atoms with van der Waals surface area (Å²) in [7, 11) is 0. The summed E-state index contributed by atoms with van der Waals surface area (Å²) in [4.78, 5) is 25.8. The van der Waals surface area contributed by atoms with Crippen LogP contribution in [0, 0.1) is 0 Å². The molecule has 130 valence electrons. The predicted octanol–water partition coefficient (Wildman–Crippen LogP) is 2.42. The summed E-state index contributed by atoms with van der Waals surface area (Å²) in [5, 5.41) is 3.41. The Morgan fingerprint density at radius 1 is 1.50 bits per heavy atom. The summed E-state index contributed by atoms with van der Waals surface area (Å²) >= 11 is 6.02. The van der Waals surface area contributed by atoms with Crippen molar-refractivity contribution < 1.29 is 13.9 Å². The number of rotatable bonds is 4. The largest absolute Gasteiger partial charge is 0.450 e. The Labute approximate surface area is 144 Å². The standard InChI is InChI=1S/C16H20ClN3O4/c1-2-23-15(21)18-12-4-3-7-19(9-12)10-20-13-8-11(17)5-6-14(13)24-16(20)22/h5-6,8,12H,2-4,7,9-10H2,1H3,(H,18,21)/t12-/m1/s1. The first-order valence-corrected chi connectivity index (χ1v) is 8.39. The molecule has 7 nitrogen and oxygen atoms in total. The highest BCUT2D eigenvalue weighted by atomic mass is 35.5. The number of aromatic nitrogens is 1. The van der Waals surface area contributed by atoms with Gasteiger partial charge in [0.25, 0.3) is 0 Å². The van der Waals surface area contributed by atoms with E-state index < -0.39 is 11.8 Å². The van der Waals surface area contributed by atoms with Crippen LogP contribution < -0.4 is 11.1 Å². The third-order valence-corrected chi connectivity index (χ3v) is 4.31. The molecule has 8 heteroatoms. The van der Waals surface area contributed by atoms with E-state index in [1.807, 2.05) is 0 Å².